The van der Waals surface area contributed by atoms with Gasteiger partial charge in [-0.3, -0.25) is 9.48 Å². The summed E-state index contributed by atoms with van der Waals surface area (Å²) in [6, 6.07) is 9.52. The van der Waals surface area contributed by atoms with Crippen molar-refractivity contribution in [2.45, 2.75) is 55.8 Å². The van der Waals surface area contributed by atoms with Crippen molar-refractivity contribution in [2.24, 2.45) is 0 Å². The van der Waals surface area contributed by atoms with Crippen LogP contribution < -0.4 is 10.9 Å². The molecule has 0 radical (unpaired) electrons. The third-order valence-corrected chi connectivity index (χ3v) is 7.51. The van der Waals surface area contributed by atoms with Crippen LogP contribution in [0.3, 0.4) is 0 Å². The van der Waals surface area contributed by atoms with Gasteiger partial charge in [-0.1, -0.05) is 0 Å². The number of nitriles is 1. The van der Waals surface area contributed by atoms with E-state index in [0.29, 0.717) is 11.2 Å². The van der Waals surface area contributed by atoms with Gasteiger partial charge in [0.2, 0.25) is 0 Å². The first-order valence-corrected chi connectivity index (χ1v) is 13.8. The molecule has 0 spiro atoms. The zero-order valence-electron chi connectivity index (χ0n) is 21.5. The summed E-state index contributed by atoms with van der Waals surface area (Å²) in [5, 5.41) is 17.4. The number of nitrogens with zero attached hydrogens (tertiary/aromatic N) is 4. The number of anilines is 2. The Kier molecular flexibility index (Phi) is 6.96. The number of aromatic amines is 1. The van der Waals surface area contributed by atoms with Crippen LogP contribution in [-0.4, -0.2) is 65.3 Å². The molecule has 1 aromatic carbocycles. The van der Waals surface area contributed by atoms with Gasteiger partial charge in [0, 0.05) is 24.7 Å². The minimum Gasteiger partial charge on any atom is -0.444 e. The van der Waals surface area contributed by atoms with Crippen LogP contribution in [0.4, 0.5) is 20.7 Å². The molecule has 4 rings (SSSR count). The number of H-pyrrole nitrogens is 1. The average molecular weight is 545 g/mol. The monoisotopic (exact) mass is 544 g/mol. The number of benzene rings is 1. The van der Waals surface area contributed by atoms with Crippen LogP contribution in [0.15, 0.2) is 46.2 Å². The fourth-order valence-electron chi connectivity index (χ4n) is 4.51. The summed E-state index contributed by atoms with van der Waals surface area (Å²) < 4.78 is 46.3. The quantitative estimate of drug-likeness (QED) is 0.496. The number of halogens is 1. The molecule has 1 aliphatic rings. The van der Waals surface area contributed by atoms with Crippen LogP contribution in [0.5, 0.6) is 0 Å². The number of hydrogen-bond donors (Lipinski definition) is 2. The van der Waals surface area contributed by atoms with E-state index in [0.717, 1.165) is 6.26 Å². The molecule has 13 heteroatoms. The van der Waals surface area contributed by atoms with Gasteiger partial charge in [0.05, 0.1) is 29.4 Å². The van der Waals surface area contributed by atoms with Crippen LogP contribution in [0.1, 0.15) is 33.6 Å². The maximum Gasteiger partial charge on any atom is 0.410 e. The van der Waals surface area contributed by atoms with Gasteiger partial charge in [-0.05, 0) is 57.5 Å². The number of fused-ring (bicyclic) bond motifs is 1. The first kappa shape index (κ1) is 27.1. The molecule has 1 aliphatic heterocycles. The first-order valence-electron chi connectivity index (χ1n) is 11.9. The number of ether oxygens (including phenoxy) is 1. The molecule has 0 aliphatic carbocycles. The van der Waals surface area contributed by atoms with Crippen molar-refractivity contribution in [1.29, 1.82) is 5.26 Å². The smallest absolute Gasteiger partial charge is 0.410 e. The molecule has 1 saturated heterocycles. The van der Waals surface area contributed by atoms with Gasteiger partial charge in [-0.15, -0.1) is 0 Å². The fraction of sp³-hybridized carbons (Fsp3) is 0.440. The summed E-state index contributed by atoms with van der Waals surface area (Å²) in [7, 11) is -3.40. The predicted molar refractivity (Wildman–Crippen MR) is 139 cm³/mol. The van der Waals surface area contributed by atoms with E-state index in [4.69, 9.17) is 4.74 Å². The first-order chi connectivity index (χ1) is 17.7. The predicted octanol–water partition coefficient (Wildman–Crippen LogP) is 3.46. The normalized spacial score (nSPS) is 20.2. The van der Waals surface area contributed by atoms with E-state index in [9.17, 15) is 23.3 Å². The van der Waals surface area contributed by atoms with E-state index in [2.05, 4.69) is 15.4 Å². The lowest BCUT2D eigenvalue weighted by Gasteiger charge is -2.43. The zero-order valence-corrected chi connectivity index (χ0v) is 22.3. The third kappa shape index (κ3) is 5.22. The zero-order chi connectivity index (χ0) is 27.9. The second kappa shape index (κ2) is 9.75. The Bertz CT molecular complexity index is 1570. The van der Waals surface area contributed by atoms with Gasteiger partial charge in [0.25, 0.3) is 5.56 Å². The lowest BCUT2D eigenvalue weighted by molar-refractivity contribution is -0.0166. The number of pyridine rings is 1. The van der Waals surface area contributed by atoms with E-state index in [1.54, 1.807) is 26.8 Å². The topological polar surface area (TPSA) is 150 Å². The highest BCUT2D eigenvalue weighted by Gasteiger charge is 2.48. The Morgan fingerprint density at radius 2 is 2.00 bits per heavy atom. The van der Waals surface area contributed by atoms with Crippen molar-refractivity contribution in [3.8, 4) is 6.07 Å². The number of aromatic nitrogens is 3. The van der Waals surface area contributed by atoms with Gasteiger partial charge in [-0.25, -0.2) is 17.6 Å². The van der Waals surface area contributed by atoms with E-state index < -0.39 is 38.8 Å². The number of nitrogens with one attached hydrogen (secondary N) is 2. The van der Waals surface area contributed by atoms with Crippen LogP contribution >= 0.6 is 0 Å². The van der Waals surface area contributed by atoms with Gasteiger partial charge < -0.3 is 19.9 Å². The molecule has 1 fully saturated rings. The van der Waals surface area contributed by atoms with E-state index in [1.807, 2.05) is 6.07 Å². The highest BCUT2D eigenvalue weighted by Crippen LogP contribution is 2.39. The SMILES string of the molecule is CC(C)(C)OC(=O)N1CC[C@@](CC#N)(n2nc(Nc3ccc(S(C)(=O)=O)cc3)c3c(=O)[nH]ccc32)C(F)C1. The standard InChI is InChI=1S/C25H29FN6O5S/c1-24(2,3)37-23(34)31-14-11-25(10-12-27,19(26)15-31)32-18-9-13-28-22(33)20(18)21(30-32)29-16-5-7-17(8-6-16)38(4,35)36/h5-9,13,19H,10-11,14-15H2,1-4H3,(H,28,33)(H,29,30)/t19?,25-/m1/s1. The molecule has 0 saturated carbocycles. The number of likely N-dealkylation sites (tertiary alicyclic amines) is 1. The maximum atomic E-state index is 16.0. The minimum absolute atomic E-state index is 0.0625. The van der Waals surface area contributed by atoms with E-state index >= 15 is 4.39 Å². The fourth-order valence-corrected chi connectivity index (χ4v) is 5.14. The molecule has 2 aromatic heterocycles. The molecule has 1 amide bonds. The number of alkyl halides is 1. The summed E-state index contributed by atoms with van der Waals surface area (Å²) in [4.78, 5) is 29.4. The summed E-state index contributed by atoms with van der Waals surface area (Å²) >= 11 is 0. The lowest BCUT2D eigenvalue weighted by atomic mass is 9.83. The van der Waals surface area contributed by atoms with Gasteiger partial charge in [0.1, 0.15) is 22.7 Å². The van der Waals surface area contributed by atoms with Crippen molar-refractivity contribution in [3.63, 3.8) is 0 Å². The summed E-state index contributed by atoms with van der Waals surface area (Å²) in [5.41, 5.74) is -1.90. The third-order valence-electron chi connectivity index (χ3n) is 6.39. The number of hydrogen-bond acceptors (Lipinski definition) is 8. The van der Waals surface area contributed by atoms with Crippen LogP contribution in [0.2, 0.25) is 0 Å². The van der Waals surface area contributed by atoms with E-state index in [1.165, 1.54) is 40.0 Å². The molecule has 202 valence electrons. The van der Waals surface area contributed by atoms with Crippen molar-refractivity contribution < 1.29 is 22.3 Å². The van der Waals surface area contributed by atoms with Crippen LogP contribution in [0, 0.1) is 11.3 Å². The van der Waals surface area contributed by atoms with Crippen molar-refractivity contribution in [1.82, 2.24) is 19.7 Å². The van der Waals surface area contributed by atoms with Crippen LogP contribution in [-0.2, 0) is 20.1 Å². The average Bonchev–Trinajstić information content (AvgIpc) is 3.19. The van der Waals surface area contributed by atoms with Gasteiger partial charge >= 0.3 is 6.09 Å². The van der Waals surface area contributed by atoms with Crippen molar-refractivity contribution in [2.75, 3.05) is 24.7 Å². The summed E-state index contributed by atoms with van der Waals surface area (Å²) in [6.07, 6.45) is -0.00747. The minimum atomic E-state index is -3.40. The second-order valence-electron chi connectivity index (χ2n) is 10.3. The molecule has 3 aromatic rings. The Balaban J connectivity index is 1.74. The maximum absolute atomic E-state index is 16.0. The highest BCUT2D eigenvalue weighted by atomic mass is 32.2. The van der Waals surface area contributed by atoms with Crippen molar-refractivity contribution >= 4 is 38.3 Å². The molecule has 0 bridgehead atoms. The molecule has 1 unspecified atom stereocenters. The molecular weight excluding hydrogens is 515 g/mol. The number of amides is 1. The Hall–Kier alpha value is -3.92. The summed E-state index contributed by atoms with van der Waals surface area (Å²) in [5.74, 6) is 0.119. The molecule has 2 N–H and O–H groups in total. The molecule has 38 heavy (non-hydrogen) atoms. The van der Waals surface area contributed by atoms with Gasteiger partial charge in [0.15, 0.2) is 15.7 Å². The van der Waals surface area contributed by atoms with Crippen LogP contribution in [0.25, 0.3) is 10.9 Å². The van der Waals surface area contributed by atoms with Gasteiger partial charge in [-0.2, -0.15) is 10.4 Å². The number of rotatable bonds is 5. The molecule has 3 heterocycles. The molecule has 11 nitrogen and oxygen atoms in total. The Labute approximate surface area is 219 Å². The second-order valence-corrected chi connectivity index (χ2v) is 12.3. The Morgan fingerprint density at radius 3 is 2.58 bits per heavy atom. The molecule has 2 atom stereocenters. The number of carbonyl (C=O) groups excluding carboxylic acids is 1. The Morgan fingerprint density at radius 1 is 1.32 bits per heavy atom. The highest BCUT2D eigenvalue weighted by molar-refractivity contribution is 7.90. The van der Waals surface area contributed by atoms with Crippen molar-refractivity contribution in [3.05, 3.63) is 46.9 Å². The number of carbonyl (C=O) groups is 1. The van der Waals surface area contributed by atoms with E-state index in [-0.39, 0.29) is 42.0 Å². The number of piperidine rings is 1. The lowest BCUT2D eigenvalue weighted by Crippen LogP contribution is -2.56. The molecular formula is C25H29FN6O5S. The largest absolute Gasteiger partial charge is 0.444 e. The summed E-state index contributed by atoms with van der Waals surface area (Å²) in [6.45, 7) is 4.98. The number of sulfone groups is 1.